The summed E-state index contributed by atoms with van der Waals surface area (Å²) in [5.74, 6) is 0. The molecule has 0 heterocycles. The second kappa shape index (κ2) is 11.0. The lowest BCUT2D eigenvalue weighted by molar-refractivity contribution is 1.48. The average Bonchev–Trinajstić information content (AvgIpc) is 2.04. The molecule has 0 aliphatic heterocycles. The Kier molecular flexibility index (Phi) is 13.1. The molecule has 0 radical (unpaired) electrons. The van der Waals surface area contributed by atoms with Gasteiger partial charge in [0.1, 0.15) is 0 Å². The number of hydrogen-bond donors (Lipinski definition) is 1. The first-order valence-corrected chi connectivity index (χ1v) is 3.61. The van der Waals surface area contributed by atoms with Gasteiger partial charge in [-0.3, -0.25) is 0 Å². The van der Waals surface area contributed by atoms with Gasteiger partial charge >= 0.3 is 0 Å². The van der Waals surface area contributed by atoms with Crippen LogP contribution in [0.25, 0.3) is 0 Å². The van der Waals surface area contributed by atoms with E-state index in [1.165, 1.54) is 11.8 Å². The van der Waals surface area contributed by atoms with Crippen molar-refractivity contribution in [2.24, 2.45) is 0 Å². The summed E-state index contributed by atoms with van der Waals surface area (Å²) in [6.07, 6.45) is 6.87. The van der Waals surface area contributed by atoms with Crippen molar-refractivity contribution in [3.8, 4) is 0 Å². The third kappa shape index (κ3) is 10.2. The van der Waals surface area contributed by atoms with Crippen LogP contribution in [0.2, 0.25) is 0 Å². The third-order valence-electron chi connectivity index (χ3n) is 0.911. The van der Waals surface area contributed by atoms with Gasteiger partial charge in [-0.2, -0.15) is 0 Å². The lowest BCUT2D eigenvalue weighted by Crippen LogP contribution is -1.64. The van der Waals surface area contributed by atoms with Crippen molar-refractivity contribution in [2.75, 3.05) is 0 Å². The highest BCUT2D eigenvalue weighted by Gasteiger charge is 1.71. The predicted molar refractivity (Wildman–Crippen MR) is 48.7 cm³/mol. The topological polar surface area (TPSA) is 23.9 Å². The van der Waals surface area contributed by atoms with E-state index in [4.69, 9.17) is 5.41 Å². The summed E-state index contributed by atoms with van der Waals surface area (Å²) < 4.78 is 0. The molecule has 1 heteroatoms. The van der Waals surface area contributed by atoms with E-state index in [2.05, 4.69) is 0 Å². The number of hydrogen-bond acceptors (Lipinski definition) is 1. The largest absolute Gasteiger partial charge is 0.309 e. The highest BCUT2D eigenvalue weighted by Crippen LogP contribution is 1.90. The molecule has 0 unspecified atom stereocenters. The van der Waals surface area contributed by atoms with Crippen LogP contribution < -0.4 is 0 Å². The molecular formula is C9H17N. The van der Waals surface area contributed by atoms with Gasteiger partial charge in [0, 0.05) is 6.21 Å². The van der Waals surface area contributed by atoms with Gasteiger partial charge in [0.25, 0.3) is 0 Å². The minimum absolute atomic E-state index is 1.19. The molecule has 1 N–H and O–H groups in total. The molecule has 58 valence electrons. The van der Waals surface area contributed by atoms with Crippen molar-refractivity contribution in [2.45, 2.75) is 27.7 Å². The van der Waals surface area contributed by atoms with Crippen LogP contribution in [0.4, 0.5) is 0 Å². The Morgan fingerprint density at radius 3 is 2.10 bits per heavy atom. The lowest BCUT2D eigenvalue weighted by atomic mass is 10.3. The minimum atomic E-state index is 1.19. The fourth-order valence-electron chi connectivity index (χ4n) is 0.296. The van der Waals surface area contributed by atoms with Crippen molar-refractivity contribution in [1.29, 1.82) is 5.41 Å². The van der Waals surface area contributed by atoms with Crippen molar-refractivity contribution >= 4 is 6.21 Å². The maximum Gasteiger partial charge on any atom is 0.0177 e. The zero-order valence-electron chi connectivity index (χ0n) is 7.31. The first-order valence-electron chi connectivity index (χ1n) is 3.61. The predicted octanol–water partition coefficient (Wildman–Crippen LogP) is 3.18. The van der Waals surface area contributed by atoms with E-state index >= 15 is 0 Å². The van der Waals surface area contributed by atoms with Crippen LogP contribution in [0, 0.1) is 5.41 Å². The summed E-state index contributed by atoms with van der Waals surface area (Å²) in [6.45, 7) is 7.98. The van der Waals surface area contributed by atoms with Gasteiger partial charge in [0.15, 0.2) is 0 Å². The smallest absolute Gasteiger partial charge is 0.0177 e. The van der Waals surface area contributed by atoms with Crippen LogP contribution >= 0.6 is 0 Å². The van der Waals surface area contributed by atoms with Crippen LogP contribution in [0.1, 0.15) is 27.7 Å². The maximum atomic E-state index is 6.63. The van der Waals surface area contributed by atoms with E-state index in [0.29, 0.717) is 0 Å². The number of nitrogens with one attached hydrogen (secondary N) is 1. The SMILES string of the molecule is C/C=C(C)\C=C/C=N.CC. The molecule has 0 aromatic heterocycles. The van der Waals surface area contributed by atoms with Gasteiger partial charge in [-0.15, -0.1) is 0 Å². The van der Waals surface area contributed by atoms with E-state index in [1.54, 1.807) is 6.08 Å². The summed E-state index contributed by atoms with van der Waals surface area (Å²) in [6, 6.07) is 0. The molecule has 0 saturated carbocycles. The first kappa shape index (κ1) is 11.9. The number of rotatable bonds is 2. The molecule has 0 aliphatic carbocycles. The molecule has 0 atom stereocenters. The molecule has 0 rings (SSSR count). The molecule has 1 nitrogen and oxygen atoms in total. The molecule has 0 aliphatic rings. The van der Waals surface area contributed by atoms with Gasteiger partial charge in [-0.1, -0.05) is 31.6 Å². The average molecular weight is 139 g/mol. The van der Waals surface area contributed by atoms with Crippen molar-refractivity contribution < 1.29 is 0 Å². The molecule has 0 fully saturated rings. The van der Waals surface area contributed by atoms with E-state index in [9.17, 15) is 0 Å². The van der Waals surface area contributed by atoms with Crippen molar-refractivity contribution in [3.63, 3.8) is 0 Å². The molecule has 0 saturated heterocycles. The Morgan fingerprint density at radius 1 is 1.30 bits per heavy atom. The summed E-state index contributed by atoms with van der Waals surface area (Å²) in [5, 5.41) is 6.63. The summed E-state index contributed by atoms with van der Waals surface area (Å²) >= 11 is 0. The monoisotopic (exact) mass is 139 g/mol. The van der Waals surface area contributed by atoms with E-state index in [-0.39, 0.29) is 0 Å². The minimum Gasteiger partial charge on any atom is -0.309 e. The normalized spacial score (nSPS) is 10.6. The zero-order chi connectivity index (χ0) is 8.41. The Hall–Kier alpha value is -0.850. The molecule has 0 amide bonds. The van der Waals surface area contributed by atoms with Gasteiger partial charge in [-0.05, 0) is 19.9 Å². The molecule has 10 heavy (non-hydrogen) atoms. The fraction of sp³-hybridized carbons (Fsp3) is 0.444. The van der Waals surface area contributed by atoms with Crippen LogP contribution in [0.3, 0.4) is 0 Å². The van der Waals surface area contributed by atoms with Crippen LogP contribution in [-0.4, -0.2) is 6.21 Å². The van der Waals surface area contributed by atoms with E-state index in [1.807, 2.05) is 39.8 Å². The molecule has 0 aromatic carbocycles. The standard InChI is InChI=1S/C7H11N.C2H6/c1-3-7(2)5-4-6-8;1-2/h3-6,8H,1-2H3;1-2H3/b5-4-,7-3-,8-6?;. The fourth-order valence-corrected chi connectivity index (χ4v) is 0.296. The summed E-state index contributed by atoms with van der Waals surface area (Å²) in [4.78, 5) is 0. The Bertz CT molecular complexity index is 121. The first-order chi connectivity index (χ1) is 4.81. The lowest BCUT2D eigenvalue weighted by Gasteiger charge is -1.81. The van der Waals surface area contributed by atoms with Crippen LogP contribution in [0.5, 0.6) is 0 Å². The Labute approximate surface area is 64.0 Å². The van der Waals surface area contributed by atoms with Crippen LogP contribution in [-0.2, 0) is 0 Å². The second-order valence-electron chi connectivity index (χ2n) is 1.56. The van der Waals surface area contributed by atoms with Gasteiger partial charge in [-0.25, -0.2) is 0 Å². The molecule has 0 aromatic rings. The number of allylic oxidation sites excluding steroid dienone is 4. The molecule has 0 bridgehead atoms. The van der Waals surface area contributed by atoms with E-state index in [0.717, 1.165) is 0 Å². The van der Waals surface area contributed by atoms with E-state index < -0.39 is 0 Å². The second-order valence-corrected chi connectivity index (χ2v) is 1.56. The molecular weight excluding hydrogens is 122 g/mol. The highest BCUT2D eigenvalue weighted by atomic mass is 14.3. The zero-order valence-corrected chi connectivity index (χ0v) is 7.31. The maximum absolute atomic E-state index is 6.63. The van der Waals surface area contributed by atoms with Gasteiger partial charge < -0.3 is 5.41 Å². The quantitative estimate of drug-likeness (QED) is 0.449. The van der Waals surface area contributed by atoms with Gasteiger partial charge in [0.2, 0.25) is 0 Å². The van der Waals surface area contributed by atoms with Gasteiger partial charge in [0.05, 0.1) is 0 Å². The van der Waals surface area contributed by atoms with Crippen LogP contribution in [0.15, 0.2) is 23.8 Å². The summed E-state index contributed by atoms with van der Waals surface area (Å²) in [7, 11) is 0. The molecule has 0 spiro atoms. The Balaban J connectivity index is 0. The van der Waals surface area contributed by atoms with Crippen molar-refractivity contribution in [1.82, 2.24) is 0 Å². The summed E-state index contributed by atoms with van der Waals surface area (Å²) in [5.41, 5.74) is 1.19. The third-order valence-corrected chi connectivity index (χ3v) is 0.911. The Morgan fingerprint density at radius 2 is 1.80 bits per heavy atom. The van der Waals surface area contributed by atoms with Crippen molar-refractivity contribution in [3.05, 3.63) is 23.8 Å². The highest BCUT2D eigenvalue weighted by molar-refractivity contribution is 5.68.